The number of nitrogens with one attached hydrogen (secondary N) is 1. The molecule has 80 valence electrons. The number of imidazole rings is 1. The Kier molecular flexibility index (Phi) is 1.81. The summed E-state index contributed by atoms with van der Waals surface area (Å²) in [6.45, 7) is 6.48. The highest BCUT2D eigenvalue weighted by molar-refractivity contribution is 5.79. The third-order valence-electron chi connectivity index (χ3n) is 3.65. The molecule has 16 heavy (non-hydrogen) atoms. The lowest BCUT2D eigenvalue weighted by Gasteiger charge is -2.23. The van der Waals surface area contributed by atoms with E-state index in [0.29, 0.717) is 0 Å². The SMILES string of the molecule is C=C1c2ccccc2CC1(C)c1cnc[nH]1. The van der Waals surface area contributed by atoms with Crippen molar-refractivity contribution < 1.29 is 0 Å². The summed E-state index contributed by atoms with van der Waals surface area (Å²) in [6.07, 6.45) is 4.64. The van der Waals surface area contributed by atoms with Crippen molar-refractivity contribution in [1.29, 1.82) is 0 Å². The number of hydrogen-bond acceptors (Lipinski definition) is 1. The fourth-order valence-corrected chi connectivity index (χ4v) is 2.57. The average molecular weight is 210 g/mol. The molecule has 0 spiro atoms. The maximum atomic E-state index is 4.26. The number of rotatable bonds is 1. The second-order valence-corrected chi connectivity index (χ2v) is 4.61. The van der Waals surface area contributed by atoms with Gasteiger partial charge < -0.3 is 4.98 Å². The van der Waals surface area contributed by atoms with Crippen LogP contribution in [0.4, 0.5) is 0 Å². The van der Waals surface area contributed by atoms with Crippen LogP contribution in [-0.4, -0.2) is 9.97 Å². The van der Waals surface area contributed by atoms with E-state index in [1.807, 2.05) is 6.20 Å². The molecule has 1 aliphatic carbocycles. The molecule has 0 saturated heterocycles. The first kappa shape index (κ1) is 9.40. The van der Waals surface area contributed by atoms with Crippen molar-refractivity contribution in [2.45, 2.75) is 18.8 Å². The highest BCUT2D eigenvalue weighted by atomic mass is 14.9. The summed E-state index contributed by atoms with van der Waals surface area (Å²) in [6, 6.07) is 8.49. The van der Waals surface area contributed by atoms with Crippen LogP contribution < -0.4 is 0 Å². The Morgan fingerprint density at radius 2 is 2.19 bits per heavy atom. The second-order valence-electron chi connectivity index (χ2n) is 4.61. The van der Waals surface area contributed by atoms with Gasteiger partial charge in [0.05, 0.1) is 6.33 Å². The van der Waals surface area contributed by atoms with Crippen LogP contribution in [0.25, 0.3) is 5.57 Å². The Morgan fingerprint density at radius 3 is 2.88 bits per heavy atom. The average Bonchev–Trinajstić information content (AvgIpc) is 2.89. The summed E-state index contributed by atoms with van der Waals surface area (Å²) in [4.78, 5) is 7.33. The molecule has 3 rings (SSSR count). The van der Waals surface area contributed by atoms with Crippen LogP contribution in [0.1, 0.15) is 23.7 Å². The Balaban J connectivity index is 2.13. The van der Waals surface area contributed by atoms with Gasteiger partial charge in [0.1, 0.15) is 0 Å². The molecule has 0 amide bonds. The topological polar surface area (TPSA) is 28.7 Å². The molecule has 1 heterocycles. The minimum absolute atomic E-state index is 0.0276. The number of allylic oxidation sites excluding steroid dienone is 1. The van der Waals surface area contributed by atoms with Gasteiger partial charge in [-0.3, -0.25) is 0 Å². The van der Waals surface area contributed by atoms with Crippen LogP contribution in [0.3, 0.4) is 0 Å². The zero-order valence-corrected chi connectivity index (χ0v) is 9.33. The molecule has 0 radical (unpaired) electrons. The summed E-state index contributed by atoms with van der Waals surface area (Å²) in [5.41, 5.74) is 4.98. The van der Waals surface area contributed by atoms with E-state index in [2.05, 4.69) is 47.7 Å². The van der Waals surface area contributed by atoms with Crippen molar-refractivity contribution in [2.75, 3.05) is 0 Å². The maximum absolute atomic E-state index is 4.26. The number of fused-ring (bicyclic) bond motifs is 1. The zero-order valence-electron chi connectivity index (χ0n) is 9.33. The van der Waals surface area contributed by atoms with Crippen LogP contribution in [-0.2, 0) is 11.8 Å². The molecule has 0 fully saturated rings. The van der Waals surface area contributed by atoms with E-state index >= 15 is 0 Å². The summed E-state index contributed by atoms with van der Waals surface area (Å²) in [5.74, 6) is 0. The normalized spacial score (nSPS) is 23.4. The van der Waals surface area contributed by atoms with E-state index in [-0.39, 0.29) is 5.41 Å². The van der Waals surface area contributed by atoms with Gasteiger partial charge in [-0.25, -0.2) is 4.98 Å². The van der Waals surface area contributed by atoms with Crippen molar-refractivity contribution in [2.24, 2.45) is 0 Å². The van der Waals surface area contributed by atoms with Gasteiger partial charge in [-0.1, -0.05) is 30.8 Å². The van der Waals surface area contributed by atoms with Gasteiger partial charge in [0.25, 0.3) is 0 Å². The first-order valence-electron chi connectivity index (χ1n) is 5.48. The van der Waals surface area contributed by atoms with Crippen LogP contribution in [0.15, 0.2) is 43.4 Å². The van der Waals surface area contributed by atoms with E-state index in [1.165, 1.54) is 16.7 Å². The maximum Gasteiger partial charge on any atom is 0.0922 e. The first-order chi connectivity index (χ1) is 7.72. The third-order valence-corrected chi connectivity index (χ3v) is 3.65. The van der Waals surface area contributed by atoms with Crippen molar-refractivity contribution in [3.05, 3.63) is 60.2 Å². The van der Waals surface area contributed by atoms with E-state index in [0.717, 1.165) is 12.1 Å². The van der Waals surface area contributed by atoms with Gasteiger partial charge in [0.15, 0.2) is 0 Å². The molecule has 0 aliphatic heterocycles. The van der Waals surface area contributed by atoms with Gasteiger partial charge in [-0.2, -0.15) is 0 Å². The van der Waals surface area contributed by atoms with E-state index in [4.69, 9.17) is 0 Å². The third kappa shape index (κ3) is 1.10. The van der Waals surface area contributed by atoms with Crippen molar-refractivity contribution >= 4 is 5.57 Å². The van der Waals surface area contributed by atoms with Gasteiger partial charge in [0, 0.05) is 17.3 Å². The lowest BCUT2D eigenvalue weighted by Crippen LogP contribution is -2.21. The lowest BCUT2D eigenvalue weighted by atomic mass is 9.81. The van der Waals surface area contributed by atoms with E-state index in [1.54, 1.807) is 6.33 Å². The highest BCUT2D eigenvalue weighted by Crippen LogP contribution is 2.46. The molecule has 2 heteroatoms. The van der Waals surface area contributed by atoms with Crippen LogP contribution in [0.5, 0.6) is 0 Å². The number of aromatic amines is 1. The van der Waals surface area contributed by atoms with Crippen LogP contribution >= 0.6 is 0 Å². The number of H-pyrrole nitrogens is 1. The Morgan fingerprint density at radius 1 is 1.38 bits per heavy atom. The number of benzene rings is 1. The van der Waals surface area contributed by atoms with Crippen LogP contribution in [0.2, 0.25) is 0 Å². The molecular formula is C14H14N2. The molecule has 2 aromatic rings. The smallest absolute Gasteiger partial charge is 0.0922 e. The summed E-state index contributed by atoms with van der Waals surface area (Å²) in [5, 5.41) is 0. The lowest BCUT2D eigenvalue weighted by molar-refractivity contribution is 0.620. The van der Waals surface area contributed by atoms with Gasteiger partial charge in [-0.15, -0.1) is 0 Å². The van der Waals surface area contributed by atoms with Crippen molar-refractivity contribution in [3.63, 3.8) is 0 Å². The quantitative estimate of drug-likeness (QED) is 0.770. The fourth-order valence-electron chi connectivity index (χ4n) is 2.57. The fraction of sp³-hybridized carbons (Fsp3) is 0.214. The summed E-state index contributed by atoms with van der Waals surface area (Å²) in [7, 11) is 0. The number of aromatic nitrogens is 2. The Hall–Kier alpha value is -1.83. The second kappa shape index (κ2) is 3.08. The largest absolute Gasteiger partial charge is 0.348 e. The van der Waals surface area contributed by atoms with E-state index < -0.39 is 0 Å². The zero-order chi connectivity index (χ0) is 11.2. The standard InChI is InChI=1S/C14H14N2/c1-10-12-6-4-3-5-11(12)7-14(10,2)13-8-15-9-16-13/h3-6,8-9H,1,7H2,2H3,(H,15,16). The summed E-state index contributed by atoms with van der Waals surface area (Å²) >= 11 is 0. The highest BCUT2D eigenvalue weighted by Gasteiger charge is 2.38. The van der Waals surface area contributed by atoms with Crippen molar-refractivity contribution in [1.82, 2.24) is 9.97 Å². The molecule has 1 aliphatic rings. The predicted octanol–water partition coefficient (Wildman–Crippen LogP) is 2.94. The molecule has 2 nitrogen and oxygen atoms in total. The van der Waals surface area contributed by atoms with Crippen molar-refractivity contribution in [3.8, 4) is 0 Å². The number of hydrogen-bond donors (Lipinski definition) is 1. The molecule has 1 aromatic heterocycles. The molecular weight excluding hydrogens is 196 g/mol. The molecule has 1 atom stereocenters. The minimum atomic E-state index is -0.0276. The Bertz CT molecular complexity index is 540. The van der Waals surface area contributed by atoms with Gasteiger partial charge >= 0.3 is 0 Å². The monoisotopic (exact) mass is 210 g/mol. The summed E-state index contributed by atoms with van der Waals surface area (Å²) < 4.78 is 0. The molecule has 1 unspecified atom stereocenters. The molecule has 0 bridgehead atoms. The van der Waals surface area contributed by atoms with Crippen LogP contribution in [0, 0.1) is 0 Å². The molecule has 0 saturated carbocycles. The molecule has 1 aromatic carbocycles. The molecule has 1 N–H and O–H groups in total. The van der Waals surface area contributed by atoms with E-state index in [9.17, 15) is 0 Å². The predicted molar refractivity (Wildman–Crippen MR) is 65.1 cm³/mol. The minimum Gasteiger partial charge on any atom is -0.348 e. The number of nitrogens with zero attached hydrogens (tertiary/aromatic N) is 1. The van der Waals surface area contributed by atoms with Gasteiger partial charge in [-0.05, 0) is 30.0 Å². The van der Waals surface area contributed by atoms with Gasteiger partial charge in [0.2, 0.25) is 0 Å². The first-order valence-corrected chi connectivity index (χ1v) is 5.48. The Labute approximate surface area is 95.0 Å².